The fourth-order valence-electron chi connectivity index (χ4n) is 2.07. The molecule has 2 rings (SSSR count). The molecular weight excluding hydrogens is 292 g/mol. The maximum Gasteiger partial charge on any atom is 0.414 e. The highest BCUT2D eigenvalue weighted by molar-refractivity contribution is 5.89. The number of aryl methyl sites for hydroxylation is 1. The standard InChI is InChI=1S/C15H22N4O2.C2H6/c1-11(2)16-17-18(4)9-14-10-19(15(20)21-14)13-7-5-12(3)6-8-13;1-2/h5-8,11,14H,9-10H2,1-4H3;1-2H3. The Balaban J connectivity index is 0.00000127. The molecule has 6 heteroatoms. The second kappa shape index (κ2) is 9.12. The molecule has 1 aromatic rings. The Bertz CT molecular complexity index is 514. The van der Waals surface area contributed by atoms with Crippen molar-refractivity contribution in [2.45, 2.75) is 46.8 Å². The van der Waals surface area contributed by atoms with Gasteiger partial charge in [0.2, 0.25) is 0 Å². The number of ether oxygens (including phenoxy) is 1. The lowest BCUT2D eigenvalue weighted by molar-refractivity contribution is 0.115. The van der Waals surface area contributed by atoms with Crippen molar-refractivity contribution >= 4 is 11.8 Å². The van der Waals surface area contributed by atoms with Crippen molar-refractivity contribution in [1.29, 1.82) is 0 Å². The van der Waals surface area contributed by atoms with Crippen LogP contribution in [0.15, 0.2) is 34.6 Å². The van der Waals surface area contributed by atoms with Crippen LogP contribution < -0.4 is 4.90 Å². The highest BCUT2D eigenvalue weighted by Gasteiger charge is 2.32. The van der Waals surface area contributed by atoms with Gasteiger partial charge in [0, 0.05) is 12.7 Å². The average molecular weight is 320 g/mol. The fraction of sp³-hybridized carbons (Fsp3) is 0.588. The number of cyclic esters (lactones) is 1. The molecule has 0 bridgehead atoms. The van der Waals surface area contributed by atoms with E-state index in [9.17, 15) is 4.79 Å². The summed E-state index contributed by atoms with van der Waals surface area (Å²) in [6.45, 7) is 11.0. The number of carbonyl (C=O) groups is 1. The first-order valence-electron chi connectivity index (χ1n) is 8.12. The van der Waals surface area contributed by atoms with Crippen LogP contribution in [0.5, 0.6) is 0 Å². The maximum absolute atomic E-state index is 11.9. The van der Waals surface area contributed by atoms with Crippen LogP contribution >= 0.6 is 0 Å². The zero-order valence-electron chi connectivity index (χ0n) is 15.0. The van der Waals surface area contributed by atoms with Crippen LogP contribution in [0.3, 0.4) is 0 Å². The summed E-state index contributed by atoms with van der Waals surface area (Å²) >= 11 is 0. The SMILES string of the molecule is CC.Cc1ccc(N2CC(CN(C)N=NC(C)C)OC2=O)cc1. The minimum Gasteiger partial charge on any atom is -0.442 e. The van der Waals surface area contributed by atoms with E-state index in [1.54, 1.807) is 9.91 Å². The lowest BCUT2D eigenvalue weighted by Gasteiger charge is -2.16. The monoisotopic (exact) mass is 320 g/mol. The summed E-state index contributed by atoms with van der Waals surface area (Å²) in [7, 11) is 1.83. The van der Waals surface area contributed by atoms with Crippen molar-refractivity contribution in [3.63, 3.8) is 0 Å². The van der Waals surface area contributed by atoms with Gasteiger partial charge in [-0.2, -0.15) is 5.11 Å². The molecule has 0 N–H and O–H groups in total. The van der Waals surface area contributed by atoms with E-state index in [4.69, 9.17) is 4.74 Å². The minimum atomic E-state index is -0.307. The molecule has 1 saturated heterocycles. The van der Waals surface area contributed by atoms with Gasteiger partial charge in [0.1, 0.15) is 6.10 Å². The molecular formula is C17H28N4O2. The van der Waals surface area contributed by atoms with Gasteiger partial charge in [-0.25, -0.2) is 4.79 Å². The lowest BCUT2D eigenvalue weighted by Crippen LogP contribution is -2.29. The third kappa shape index (κ3) is 5.88. The number of hydrogen-bond donors (Lipinski definition) is 0. The van der Waals surface area contributed by atoms with Crippen molar-refractivity contribution < 1.29 is 9.53 Å². The Morgan fingerprint density at radius 1 is 1.30 bits per heavy atom. The summed E-state index contributed by atoms with van der Waals surface area (Å²) in [6.07, 6.45) is -0.507. The topological polar surface area (TPSA) is 57.5 Å². The summed E-state index contributed by atoms with van der Waals surface area (Å²) in [4.78, 5) is 13.6. The third-order valence-electron chi connectivity index (χ3n) is 3.12. The average Bonchev–Trinajstić information content (AvgIpc) is 2.88. The summed E-state index contributed by atoms with van der Waals surface area (Å²) in [5.41, 5.74) is 2.02. The number of amides is 1. The molecule has 6 nitrogen and oxygen atoms in total. The summed E-state index contributed by atoms with van der Waals surface area (Å²) in [5, 5.41) is 9.84. The van der Waals surface area contributed by atoms with Crippen LogP contribution in [0.1, 0.15) is 33.3 Å². The molecule has 0 aromatic heterocycles. The molecule has 1 aliphatic heterocycles. The second-order valence-electron chi connectivity index (χ2n) is 5.59. The number of anilines is 1. The Morgan fingerprint density at radius 2 is 1.91 bits per heavy atom. The van der Waals surface area contributed by atoms with E-state index in [-0.39, 0.29) is 18.2 Å². The molecule has 1 aromatic carbocycles. The number of hydrogen-bond acceptors (Lipinski definition) is 4. The molecule has 0 spiro atoms. The lowest BCUT2D eigenvalue weighted by atomic mass is 10.2. The molecule has 0 saturated carbocycles. The van der Waals surface area contributed by atoms with Crippen molar-refractivity contribution in [3.05, 3.63) is 29.8 Å². The highest BCUT2D eigenvalue weighted by Crippen LogP contribution is 2.22. The molecule has 128 valence electrons. The Labute approximate surface area is 139 Å². The Kier molecular flexibility index (Phi) is 7.51. The third-order valence-corrected chi connectivity index (χ3v) is 3.12. The van der Waals surface area contributed by atoms with E-state index in [2.05, 4.69) is 10.3 Å². The predicted octanol–water partition coefficient (Wildman–Crippen LogP) is 4.05. The molecule has 1 amide bonds. The largest absolute Gasteiger partial charge is 0.442 e. The molecule has 1 unspecified atom stereocenters. The first kappa shape index (κ1) is 18.9. The van der Waals surface area contributed by atoms with Gasteiger partial charge in [0.15, 0.2) is 0 Å². The van der Waals surface area contributed by atoms with E-state index < -0.39 is 0 Å². The minimum absolute atomic E-state index is 0.155. The number of rotatable bonds is 5. The molecule has 0 radical (unpaired) electrons. The summed E-state index contributed by atoms with van der Waals surface area (Å²) in [6, 6.07) is 7.99. The molecule has 23 heavy (non-hydrogen) atoms. The van der Waals surface area contributed by atoms with E-state index >= 15 is 0 Å². The molecule has 1 aliphatic rings. The van der Waals surface area contributed by atoms with Crippen molar-refractivity contribution in [2.75, 3.05) is 25.0 Å². The van der Waals surface area contributed by atoms with Crippen molar-refractivity contribution in [2.24, 2.45) is 10.3 Å². The zero-order chi connectivity index (χ0) is 17.4. The maximum atomic E-state index is 11.9. The first-order valence-corrected chi connectivity index (χ1v) is 8.12. The number of benzene rings is 1. The van der Waals surface area contributed by atoms with E-state index in [1.165, 1.54) is 0 Å². The molecule has 1 atom stereocenters. The van der Waals surface area contributed by atoms with Crippen LogP contribution in [-0.2, 0) is 4.74 Å². The summed E-state index contributed by atoms with van der Waals surface area (Å²) < 4.78 is 5.38. The van der Waals surface area contributed by atoms with Crippen molar-refractivity contribution in [3.8, 4) is 0 Å². The van der Waals surface area contributed by atoms with Crippen LogP contribution in [0.25, 0.3) is 0 Å². The van der Waals surface area contributed by atoms with Gasteiger partial charge >= 0.3 is 6.09 Å². The van der Waals surface area contributed by atoms with Crippen LogP contribution in [0.2, 0.25) is 0 Å². The van der Waals surface area contributed by atoms with Gasteiger partial charge in [-0.05, 0) is 32.9 Å². The Hall–Kier alpha value is -2.11. The van der Waals surface area contributed by atoms with E-state index in [1.807, 2.05) is 65.9 Å². The smallest absolute Gasteiger partial charge is 0.414 e. The molecule has 1 heterocycles. The zero-order valence-corrected chi connectivity index (χ0v) is 15.0. The van der Waals surface area contributed by atoms with Gasteiger partial charge in [-0.15, -0.1) is 0 Å². The fourth-order valence-corrected chi connectivity index (χ4v) is 2.07. The van der Waals surface area contributed by atoms with Gasteiger partial charge in [0.25, 0.3) is 0 Å². The number of nitrogens with zero attached hydrogens (tertiary/aromatic N) is 4. The quantitative estimate of drug-likeness (QED) is 0.607. The second-order valence-corrected chi connectivity index (χ2v) is 5.59. The van der Waals surface area contributed by atoms with Gasteiger partial charge in [0.05, 0.1) is 19.1 Å². The first-order chi connectivity index (χ1) is 11.0. The Morgan fingerprint density at radius 3 is 2.48 bits per heavy atom. The molecule has 1 fully saturated rings. The predicted molar refractivity (Wildman–Crippen MR) is 92.8 cm³/mol. The normalized spacial score (nSPS) is 17.3. The van der Waals surface area contributed by atoms with Crippen LogP contribution in [0.4, 0.5) is 10.5 Å². The summed E-state index contributed by atoms with van der Waals surface area (Å²) in [5.74, 6) is 0. The van der Waals surface area contributed by atoms with E-state index in [0.717, 1.165) is 11.3 Å². The van der Waals surface area contributed by atoms with Crippen molar-refractivity contribution in [1.82, 2.24) is 5.01 Å². The van der Waals surface area contributed by atoms with Gasteiger partial charge < -0.3 is 4.74 Å². The van der Waals surface area contributed by atoms with Crippen LogP contribution in [-0.4, -0.2) is 43.4 Å². The number of likely N-dealkylation sites (N-methyl/N-ethyl adjacent to an activating group) is 1. The van der Waals surface area contributed by atoms with Gasteiger partial charge in [-0.1, -0.05) is 36.8 Å². The highest BCUT2D eigenvalue weighted by atomic mass is 16.6. The van der Waals surface area contributed by atoms with Crippen LogP contribution in [0, 0.1) is 6.92 Å². The molecule has 0 aliphatic carbocycles. The van der Waals surface area contributed by atoms with E-state index in [0.29, 0.717) is 13.1 Å². The number of carbonyl (C=O) groups excluding carboxylic acids is 1. The van der Waals surface area contributed by atoms with Gasteiger partial charge in [-0.3, -0.25) is 9.91 Å².